The molecule has 0 spiro atoms. The van der Waals surface area contributed by atoms with Crippen LogP contribution in [0.3, 0.4) is 0 Å². The van der Waals surface area contributed by atoms with E-state index in [1.54, 1.807) is 0 Å². The second-order valence-corrected chi connectivity index (χ2v) is 8.62. The third-order valence-electron chi connectivity index (χ3n) is 4.71. The molecule has 1 saturated heterocycles. The van der Waals surface area contributed by atoms with Crippen LogP contribution in [-0.4, -0.2) is 38.9 Å². The SMILES string of the molecule is COP(=O)(C[C@@H]1CCN[C@H](CC(C(N)=O)c2ccccc2)C1)OC. The van der Waals surface area contributed by atoms with E-state index in [0.717, 1.165) is 24.9 Å². The molecule has 0 aliphatic carbocycles. The van der Waals surface area contributed by atoms with E-state index in [1.807, 2.05) is 30.3 Å². The lowest BCUT2D eigenvalue weighted by Crippen LogP contribution is -2.41. The summed E-state index contributed by atoms with van der Waals surface area (Å²) in [4.78, 5) is 11.9. The van der Waals surface area contributed by atoms with Crippen molar-refractivity contribution in [1.29, 1.82) is 0 Å². The van der Waals surface area contributed by atoms with Crippen LogP contribution >= 0.6 is 7.60 Å². The van der Waals surface area contributed by atoms with Gasteiger partial charge in [0, 0.05) is 20.3 Å². The summed E-state index contributed by atoms with van der Waals surface area (Å²) in [6.45, 7) is 0.822. The number of amides is 1. The zero-order valence-corrected chi connectivity index (χ0v) is 15.2. The van der Waals surface area contributed by atoms with E-state index in [1.165, 1.54) is 14.2 Å². The highest BCUT2D eigenvalue weighted by molar-refractivity contribution is 7.53. The first kappa shape index (κ1) is 19.1. The second kappa shape index (κ2) is 8.77. The van der Waals surface area contributed by atoms with E-state index in [2.05, 4.69) is 5.32 Å². The van der Waals surface area contributed by atoms with Gasteiger partial charge in [-0.15, -0.1) is 0 Å². The molecule has 1 aliphatic rings. The van der Waals surface area contributed by atoms with Gasteiger partial charge in [-0.2, -0.15) is 0 Å². The number of carbonyl (C=O) groups is 1. The van der Waals surface area contributed by atoms with Crippen molar-refractivity contribution in [2.45, 2.75) is 31.2 Å². The van der Waals surface area contributed by atoms with Gasteiger partial charge in [0.25, 0.3) is 0 Å². The molecule has 134 valence electrons. The summed E-state index contributed by atoms with van der Waals surface area (Å²) >= 11 is 0. The van der Waals surface area contributed by atoms with Crippen LogP contribution < -0.4 is 11.1 Å². The van der Waals surface area contributed by atoms with Crippen molar-refractivity contribution < 1.29 is 18.4 Å². The topological polar surface area (TPSA) is 90.6 Å². The molecule has 1 aromatic rings. The number of primary amides is 1. The number of nitrogens with two attached hydrogens (primary N) is 1. The Hall–Kier alpha value is -1.20. The van der Waals surface area contributed by atoms with Gasteiger partial charge in [-0.25, -0.2) is 0 Å². The third-order valence-corrected chi connectivity index (χ3v) is 6.78. The van der Waals surface area contributed by atoms with Crippen LogP contribution in [-0.2, 0) is 18.4 Å². The van der Waals surface area contributed by atoms with E-state index >= 15 is 0 Å². The Labute approximate surface area is 143 Å². The Bertz CT molecular complexity index is 573. The number of rotatable bonds is 8. The maximum atomic E-state index is 12.3. The Morgan fingerprint density at radius 3 is 2.58 bits per heavy atom. The molecule has 1 fully saturated rings. The van der Waals surface area contributed by atoms with E-state index in [-0.39, 0.29) is 23.8 Å². The highest BCUT2D eigenvalue weighted by Gasteiger charge is 2.32. The quantitative estimate of drug-likeness (QED) is 0.700. The van der Waals surface area contributed by atoms with Gasteiger partial charge in [-0.1, -0.05) is 30.3 Å². The number of nitrogens with one attached hydrogen (secondary N) is 1. The minimum absolute atomic E-state index is 0.156. The lowest BCUT2D eigenvalue weighted by atomic mass is 9.85. The summed E-state index contributed by atoms with van der Waals surface area (Å²) in [5, 5.41) is 3.45. The first-order valence-electron chi connectivity index (χ1n) is 8.25. The van der Waals surface area contributed by atoms with Gasteiger partial charge in [0.1, 0.15) is 0 Å². The molecule has 6 nitrogen and oxygen atoms in total. The normalized spacial score (nSPS) is 22.9. The molecule has 24 heavy (non-hydrogen) atoms. The average Bonchev–Trinajstić information content (AvgIpc) is 2.60. The molecular formula is C17H27N2O4P. The highest BCUT2D eigenvalue weighted by Crippen LogP contribution is 2.49. The Morgan fingerprint density at radius 1 is 1.33 bits per heavy atom. The molecule has 3 N–H and O–H groups in total. The minimum atomic E-state index is -3.01. The maximum absolute atomic E-state index is 12.3. The predicted molar refractivity (Wildman–Crippen MR) is 94.0 cm³/mol. The smallest absolute Gasteiger partial charge is 0.330 e. The molecule has 1 aliphatic heterocycles. The average molecular weight is 354 g/mol. The summed E-state index contributed by atoms with van der Waals surface area (Å²) in [6.07, 6.45) is 2.79. The van der Waals surface area contributed by atoms with Crippen molar-refractivity contribution in [2.24, 2.45) is 11.7 Å². The van der Waals surface area contributed by atoms with Crippen molar-refractivity contribution in [2.75, 3.05) is 26.9 Å². The Balaban J connectivity index is 2.01. The lowest BCUT2D eigenvalue weighted by molar-refractivity contribution is -0.119. The first-order valence-corrected chi connectivity index (χ1v) is 9.98. The van der Waals surface area contributed by atoms with Crippen LogP contribution in [0.1, 0.15) is 30.7 Å². The summed E-state index contributed by atoms with van der Waals surface area (Å²) in [5.74, 6) is -0.394. The van der Waals surface area contributed by atoms with Crippen LogP contribution in [0.4, 0.5) is 0 Å². The summed E-state index contributed by atoms with van der Waals surface area (Å²) in [5.41, 5.74) is 6.55. The molecule has 0 radical (unpaired) electrons. The standard InChI is InChI=1S/C17H27N2O4P/c1-22-24(21,23-2)12-13-8-9-19-15(10-13)11-16(17(18)20)14-6-4-3-5-7-14/h3-7,13,15-16,19H,8-12H2,1-2H3,(H2,18,20)/t13-,15+,16?/m1/s1. The first-order chi connectivity index (χ1) is 11.5. The molecule has 0 bridgehead atoms. The fraction of sp³-hybridized carbons (Fsp3) is 0.588. The van der Waals surface area contributed by atoms with E-state index < -0.39 is 7.60 Å². The van der Waals surface area contributed by atoms with Crippen LogP contribution in [0.5, 0.6) is 0 Å². The van der Waals surface area contributed by atoms with Crippen molar-refractivity contribution in [1.82, 2.24) is 5.32 Å². The number of carbonyl (C=O) groups excluding carboxylic acids is 1. The summed E-state index contributed by atoms with van der Waals surface area (Å²) in [6, 6.07) is 9.76. The fourth-order valence-electron chi connectivity index (χ4n) is 3.37. The molecule has 1 amide bonds. The van der Waals surface area contributed by atoms with E-state index in [4.69, 9.17) is 14.8 Å². The Kier molecular flexibility index (Phi) is 6.99. The number of benzene rings is 1. The molecular weight excluding hydrogens is 327 g/mol. The van der Waals surface area contributed by atoms with Crippen LogP contribution in [0.15, 0.2) is 30.3 Å². The largest absolute Gasteiger partial charge is 0.369 e. The number of hydrogen-bond acceptors (Lipinski definition) is 5. The van der Waals surface area contributed by atoms with Gasteiger partial charge in [0.2, 0.25) is 5.91 Å². The van der Waals surface area contributed by atoms with Crippen molar-refractivity contribution in [3.05, 3.63) is 35.9 Å². The van der Waals surface area contributed by atoms with Gasteiger partial charge >= 0.3 is 7.60 Å². The zero-order valence-electron chi connectivity index (χ0n) is 14.3. The van der Waals surface area contributed by atoms with Gasteiger partial charge in [0.15, 0.2) is 0 Å². The molecule has 1 unspecified atom stereocenters. The molecule has 0 aromatic heterocycles. The predicted octanol–water partition coefficient (Wildman–Crippen LogP) is 2.50. The summed E-state index contributed by atoms with van der Waals surface area (Å²) < 4.78 is 22.4. The van der Waals surface area contributed by atoms with E-state index in [9.17, 15) is 9.36 Å². The fourth-order valence-corrected chi connectivity index (χ4v) is 4.78. The minimum Gasteiger partial charge on any atom is -0.369 e. The van der Waals surface area contributed by atoms with Crippen molar-refractivity contribution in [3.63, 3.8) is 0 Å². The van der Waals surface area contributed by atoms with Gasteiger partial charge < -0.3 is 20.1 Å². The molecule has 3 atom stereocenters. The number of hydrogen-bond donors (Lipinski definition) is 2. The van der Waals surface area contributed by atoms with Gasteiger partial charge in [0.05, 0.1) is 12.1 Å². The Morgan fingerprint density at radius 2 is 2.00 bits per heavy atom. The van der Waals surface area contributed by atoms with Crippen molar-refractivity contribution >= 4 is 13.5 Å². The molecule has 2 rings (SSSR count). The van der Waals surface area contributed by atoms with Crippen LogP contribution in [0, 0.1) is 5.92 Å². The van der Waals surface area contributed by atoms with Crippen molar-refractivity contribution in [3.8, 4) is 0 Å². The molecule has 1 heterocycles. The van der Waals surface area contributed by atoms with Gasteiger partial charge in [-0.3, -0.25) is 9.36 Å². The summed E-state index contributed by atoms with van der Waals surface area (Å²) in [7, 11) is -0.171. The maximum Gasteiger partial charge on any atom is 0.330 e. The number of piperidine rings is 1. The molecule has 1 aromatic carbocycles. The van der Waals surface area contributed by atoms with Gasteiger partial charge in [-0.05, 0) is 37.3 Å². The zero-order chi connectivity index (χ0) is 17.6. The monoisotopic (exact) mass is 354 g/mol. The van der Waals surface area contributed by atoms with E-state index in [0.29, 0.717) is 12.6 Å². The van der Waals surface area contributed by atoms with Crippen LogP contribution in [0.25, 0.3) is 0 Å². The lowest BCUT2D eigenvalue weighted by Gasteiger charge is -2.33. The molecule has 0 saturated carbocycles. The van der Waals surface area contributed by atoms with Crippen LogP contribution in [0.2, 0.25) is 0 Å². The highest BCUT2D eigenvalue weighted by atomic mass is 31.2. The molecule has 7 heteroatoms. The second-order valence-electron chi connectivity index (χ2n) is 6.30. The third kappa shape index (κ3) is 5.15.